The van der Waals surface area contributed by atoms with Gasteiger partial charge in [0.2, 0.25) is 0 Å². The first-order valence-electron chi connectivity index (χ1n) is 9.92. The third-order valence-corrected chi connectivity index (χ3v) is 6.79. The molecule has 0 amide bonds. The second-order valence-corrected chi connectivity index (χ2v) is 9.05. The van der Waals surface area contributed by atoms with Crippen molar-refractivity contribution in [3.05, 3.63) is 39.9 Å². The largest absolute Gasteiger partial charge is 0.391 e. The van der Waals surface area contributed by atoms with Crippen molar-refractivity contribution < 1.29 is 22.6 Å². The summed E-state index contributed by atoms with van der Waals surface area (Å²) in [6, 6.07) is 6.01. The van der Waals surface area contributed by atoms with Gasteiger partial charge in [0.1, 0.15) is 11.6 Å². The Morgan fingerprint density at radius 1 is 1.03 bits per heavy atom. The van der Waals surface area contributed by atoms with Gasteiger partial charge in [-0.15, -0.1) is 10.2 Å². The van der Waals surface area contributed by atoms with Gasteiger partial charge in [0, 0.05) is 16.8 Å². The molecule has 2 aromatic rings. The Kier molecular flexibility index (Phi) is 4.75. The van der Waals surface area contributed by atoms with Gasteiger partial charge in [-0.3, -0.25) is 4.57 Å². The highest BCUT2D eigenvalue weighted by molar-refractivity contribution is 9.10. The molecule has 1 spiro atoms. The van der Waals surface area contributed by atoms with Crippen LogP contribution in [0.15, 0.2) is 22.7 Å². The number of aromatic nitrogens is 3. The summed E-state index contributed by atoms with van der Waals surface area (Å²) < 4.78 is 54.2. The summed E-state index contributed by atoms with van der Waals surface area (Å²) in [5.41, 5.74) is 2.00. The summed E-state index contributed by atoms with van der Waals surface area (Å²) in [5, 5.41) is 8.85. The van der Waals surface area contributed by atoms with Crippen molar-refractivity contribution >= 4 is 15.9 Å². The monoisotopic (exact) mass is 471 g/mol. The van der Waals surface area contributed by atoms with E-state index in [1.54, 1.807) is 0 Å². The highest BCUT2D eigenvalue weighted by atomic mass is 79.9. The lowest BCUT2D eigenvalue weighted by atomic mass is 9.81. The fourth-order valence-electron chi connectivity index (χ4n) is 4.86. The van der Waals surface area contributed by atoms with Crippen molar-refractivity contribution in [3.8, 4) is 5.69 Å². The zero-order valence-corrected chi connectivity index (χ0v) is 17.3. The van der Waals surface area contributed by atoms with E-state index < -0.39 is 17.9 Å². The third-order valence-electron chi connectivity index (χ3n) is 6.29. The molecule has 2 aliphatic heterocycles. The van der Waals surface area contributed by atoms with Gasteiger partial charge >= 0.3 is 6.18 Å². The minimum atomic E-state index is -4.12. The van der Waals surface area contributed by atoms with Crippen LogP contribution in [0.2, 0.25) is 0 Å². The number of nitrogens with zero attached hydrogens (tertiary/aromatic N) is 3. The molecule has 0 atom stereocenters. The van der Waals surface area contributed by atoms with Gasteiger partial charge in [0.25, 0.3) is 0 Å². The lowest BCUT2D eigenvalue weighted by Crippen LogP contribution is -2.35. The van der Waals surface area contributed by atoms with Crippen LogP contribution in [-0.2, 0) is 22.3 Å². The number of fused-ring (bicyclic) bond motifs is 3. The molecule has 1 saturated heterocycles. The van der Waals surface area contributed by atoms with Crippen molar-refractivity contribution in [1.29, 1.82) is 0 Å². The summed E-state index contributed by atoms with van der Waals surface area (Å²) in [5.74, 6) is -0.523. The zero-order chi connectivity index (χ0) is 20.2. The molecule has 3 heterocycles. The van der Waals surface area contributed by atoms with Crippen LogP contribution >= 0.6 is 15.9 Å². The van der Waals surface area contributed by atoms with Gasteiger partial charge in [-0.25, -0.2) is 0 Å². The molecule has 9 heteroatoms. The van der Waals surface area contributed by atoms with E-state index >= 15 is 0 Å². The molecule has 1 aliphatic carbocycles. The molecular weight excluding hydrogens is 451 g/mol. The Hall–Kier alpha value is -1.45. The summed E-state index contributed by atoms with van der Waals surface area (Å²) >= 11 is 3.54. The molecule has 1 saturated carbocycles. The molecule has 1 aromatic heterocycles. The second-order valence-electron chi connectivity index (χ2n) is 8.13. The molecule has 1 aromatic carbocycles. The Bertz CT molecular complexity index is 916. The summed E-state index contributed by atoms with van der Waals surface area (Å²) in [6.45, 7) is 1.07. The van der Waals surface area contributed by atoms with E-state index in [9.17, 15) is 13.2 Å². The lowest BCUT2D eigenvalue weighted by molar-refractivity contribution is -0.182. The fourth-order valence-corrected chi connectivity index (χ4v) is 5.27. The molecule has 156 valence electrons. The Balaban J connectivity index is 1.53. The van der Waals surface area contributed by atoms with Gasteiger partial charge < -0.3 is 9.47 Å². The van der Waals surface area contributed by atoms with E-state index in [1.165, 1.54) is 0 Å². The van der Waals surface area contributed by atoms with E-state index in [0.29, 0.717) is 38.9 Å². The first-order chi connectivity index (χ1) is 13.8. The molecule has 3 aliphatic rings. The topological polar surface area (TPSA) is 49.2 Å². The molecule has 29 heavy (non-hydrogen) atoms. The average molecular weight is 472 g/mol. The molecular formula is C20H21BrF3N3O2. The number of ether oxygens (including phenoxy) is 2. The Labute approximate surface area is 174 Å². The number of rotatable bonds is 1. The molecule has 5 rings (SSSR count). The van der Waals surface area contributed by atoms with Gasteiger partial charge in [0.15, 0.2) is 5.79 Å². The highest BCUT2D eigenvalue weighted by Crippen LogP contribution is 2.44. The van der Waals surface area contributed by atoms with Crippen molar-refractivity contribution in [2.75, 3.05) is 13.2 Å². The number of alkyl halides is 3. The van der Waals surface area contributed by atoms with Crippen molar-refractivity contribution in [3.63, 3.8) is 0 Å². The van der Waals surface area contributed by atoms with E-state index in [0.717, 1.165) is 27.4 Å². The SMILES string of the molecule is FC(F)(F)[C@H]1CC[C@H](c2nnc3n2-c2ccc(Br)cc2CC2(C3)OCCO2)CC1. The molecule has 0 N–H and O–H groups in total. The van der Waals surface area contributed by atoms with Gasteiger partial charge in [0.05, 0.1) is 31.2 Å². The van der Waals surface area contributed by atoms with Gasteiger partial charge in [-0.1, -0.05) is 15.9 Å². The van der Waals surface area contributed by atoms with E-state index in [2.05, 4.69) is 26.1 Å². The standard InChI is InChI=1S/C20H21BrF3N3O2/c21-15-5-6-16-13(9-15)10-19(28-7-8-29-19)11-17-25-26-18(27(16)17)12-1-3-14(4-2-12)20(22,23)24/h5-6,9,12,14H,1-4,7-8,10-11H2/t12-,14-. The number of hydrogen-bond acceptors (Lipinski definition) is 4. The maximum Gasteiger partial charge on any atom is 0.391 e. The maximum absolute atomic E-state index is 13.1. The Morgan fingerprint density at radius 3 is 2.45 bits per heavy atom. The minimum absolute atomic E-state index is 0.0363. The molecule has 0 bridgehead atoms. The van der Waals surface area contributed by atoms with Crippen LogP contribution in [0.5, 0.6) is 0 Å². The average Bonchev–Trinajstić information content (AvgIpc) is 3.26. The smallest absolute Gasteiger partial charge is 0.347 e. The summed E-state index contributed by atoms with van der Waals surface area (Å²) in [4.78, 5) is 0. The number of hydrogen-bond donors (Lipinski definition) is 0. The van der Waals surface area contributed by atoms with Crippen molar-refractivity contribution in [1.82, 2.24) is 14.8 Å². The molecule has 5 nitrogen and oxygen atoms in total. The minimum Gasteiger partial charge on any atom is -0.347 e. The third kappa shape index (κ3) is 3.51. The number of benzene rings is 1. The predicted octanol–water partition coefficient (Wildman–Crippen LogP) is 4.71. The zero-order valence-electron chi connectivity index (χ0n) is 15.7. The predicted molar refractivity (Wildman–Crippen MR) is 102 cm³/mol. The van der Waals surface area contributed by atoms with Gasteiger partial charge in [-0.2, -0.15) is 13.2 Å². The normalized spacial score (nSPS) is 26.2. The van der Waals surface area contributed by atoms with Crippen LogP contribution in [0.4, 0.5) is 13.2 Å². The van der Waals surface area contributed by atoms with Crippen LogP contribution < -0.4 is 0 Å². The lowest BCUT2D eigenvalue weighted by Gasteiger charge is -2.29. The van der Waals surface area contributed by atoms with Crippen LogP contribution in [0, 0.1) is 5.92 Å². The first kappa shape index (κ1) is 19.5. The van der Waals surface area contributed by atoms with Crippen LogP contribution in [0.3, 0.4) is 0 Å². The Morgan fingerprint density at radius 2 is 1.76 bits per heavy atom. The van der Waals surface area contributed by atoms with E-state index in [4.69, 9.17) is 9.47 Å². The second kappa shape index (κ2) is 7.06. The van der Waals surface area contributed by atoms with Crippen LogP contribution in [0.25, 0.3) is 5.69 Å². The summed E-state index contributed by atoms with van der Waals surface area (Å²) in [7, 11) is 0. The highest BCUT2D eigenvalue weighted by Gasteiger charge is 2.45. The maximum atomic E-state index is 13.1. The van der Waals surface area contributed by atoms with Crippen LogP contribution in [-0.4, -0.2) is 39.9 Å². The number of halogens is 4. The fraction of sp³-hybridized carbons (Fsp3) is 0.600. The molecule has 0 radical (unpaired) electrons. The molecule has 0 unspecified atom stereocenters. The first-order valence-corrected chi connectivity index (χ1v) is 10.7. The molecule has 2 fully saturated rings. The van der Waals surface area contributed by atoms with Gasteiger partial charge in [-0.05, 0) is 49.4 Å². The van der Waals surface area contributed by atoms with Crippen molar-refractivity contribution in [2.45, 2.75) is 56.4 Å². The van der Waals surface area contributed by atoms with E-state index in [1.807, 2.05) is 22.8 Å². The quantitative estimate of drug-likeness (QED) is 0.604. The van der Waals surface area contributed by atoms with Crippen LogP contribution in [0.1, 0.15) is 48.8 Å². The van der Waals surface area contributed by atoms with Crippen molar-refractivity contribution in [2.24, 2.45) is 5.92 Å². The summed E-state index contributed by atoms with van der Waals surface area (Å²) in [6.07, 6.45) is -1.86. The van der Waals surface area contributed by atoms with E-state index in [-0.39, 0.29) is 18.8 Å².